The molecule has 180 valence electrons. The largest absolute Gasteiger partial charge is 0.507 e. The van der Waals surface area contributed by atoms with Crippen molar-refractivity contribution in [1.29, 1.82) is 0 Å². The summed E-state index contributed by atoms with van der Waals surface area (Å²) in [6, 6.07) is 7.80. The number of phenolic OH excluding ortho intramolecular Hbond substituents is 2. The van der Waals surface area contributed by atoms with Crippen LogP contribution in [0.25, 0.3) is 22.3 Å². The Morgan fingerprint density at radius 3 is 2.41 bits per heavy atom. The fourth-order valence-corrected chi connectivity index (χ4v) is 3.40. The number of esters is 1. The van der Waals surface area contributed by atoms with E-state index in [-0.39, 0.29) is 41.3 Å². The molecule has 2 N–H and O–H groups in total. The lowest BCUT2D eigenvalue weighted by Crippen LogP contribution is -2.28. The standard InChI is InChI=1S/C26H28O8/c1-6-32-26(30)15(4)33-25-22(29)21-20(28)13-19(27)18(12-7-14(2)3)24(21)34-23(25)16-8-10-17(31-5)11-9-16/h7-11,13,15,27-28H,6,12H2,1-5H3. The first-order valence-corrected chi connectivity index (χ1v) is 10.8. The Hall–Kier alpha value is -3.94. The van der Waals surface area contributed by atoms with Crippen molar-refractivity contribution in [2.45, 2.75) is 40.2 Å². The van der Waals surface area contributed by atoms with Gasteiger partial charge in [-0.1, -0.05) is 11.6 Å². The molecule has 8 heteroatoms. The van der Waals surface area contributed by atoms with Gasteiger partial charge in [0.25, 0.3) is 0 Å². The second-order valence-corrected chi connectivity index (χ2v) is 7.91. The molecule has 0 spiro atoms. The van der Waals surface area contributed by atoms with Gasteiger partial charge in [-0.2, -0.15) is 0 Å². The monoisotopic (exact) mass is 468 g/mol. The summed E-state index contributed by atoms with van der Waals surface area (Å²) >= 11 is 0. The third kappa shape index (κ3) is 5.01. The smallest absolute Gasteiger partial charge is 0.347 e. The van der Waals surface area contributed by atoms with E-state index in [1.807, 2.05) is 19.9 Å². The first-order valence-electron chi connectivity index (χ1n) is 10.8. The Labute approximate surface area is 197 Å². The molecular weight excluding hydrogens is 440 g/mol. The molecule has 0 radical (unpaired) electrons. The Morgan fingerprint density at radius 2 is 1.82 bits per heavy atom. The number of fused-ring (bicyclic) bond motifs is 1. The molecule has 0 aliphatic carbocycles. The van der Waals surface area contributed by atoms with E-state index in [9.17, 15) is 19.8 Å². The van der Waals surface area contributed by atoms with E-state index in [2.05, 4.69) is 0 Å². The molecule has 0 aliphatic heterocycles. The fourth-order valence-electron chi connectivity index (χ4n) is 3.40. The second kappa shape index (κ2) is 10.3. The molecule has 3 aromatic rings. The summed E-state index contributed by atoms with van der Waals surface area (Å²) in [6.07, 6.45) is 1.03. The molecule has 0 bridgehead atoms. The number of aromatic hydroxyl groups is 2. The van der Waals surface area contributed by atoms with Gasteiger partial charge in [0.1, 0.15) is 28.2 Å². The normalized spacial score (nSPS) is 11.7. The summed E-state index contributed by atoms with van der Waals surface area (Å²) in [4.78, 5) is 25.7. The lowest BCUT2D eigenvalue weighted by molar-refractivity contribution is -0.150. The first kappa shape index (κ1) is 24.7. The Balaban J connectivity index is 2.33. The van der Waals surface area contributed by atoms with Crippen molar-refractivity contribution in [2.24, 2.45) is 0 Å². The van der Waals surface area contributed by atoms with Crippen molar-refractivity contribution in [1.82, 2.24) is 0 Å². The highest BCUT2D eigenvalue weighted by Crippen LogP contribution is 2.39. The van der Waals surface area contributed by atoms with Gasteiger partial charge in [-0.3, -0.25) is 4.79 Å². The average Bonchev–Trinajstić information content (AvgIpc) is 2.80. The highest BCUT2D eigenvalue weighted by molar-refractivity contribution is 5.91. The number of carbonyl (C=O) groups excluding carboxylic acids is 1. The van der Waals surface area contributed by atoms with Crippen LogP contribution in [0.5, 0.6) is 23.0 Å². The van der Waals surface area contributed by atoms with E-state index in [1.54, 1.807) is 31.2 Å². The summed E-state index contributed by atoms with van der Waals surface area (Å²) in [5.74, 6) is -0.945. The van der Waals surface area contributed by atoms with Crippen molar-refractivity contribution in [3.8, 4) is 34.3 Å². The molecule has 3 rings (SSSR count). The maximum Gasteiger partial charge on any atom is 0.347 e. The number of ether oxygens (including phenoxy) is 3. The number of hydrogen-bond donors (Lipinski definition) is 2. The zero-order chi connectivity index (χ0) is 25.0. The number of benzene rings is 2. The van der Waals surface area contributed by atoms with Crippen LogP contribution in [-0.2, 0) is 16.0 Å². The van der Waals surface area contributed by atoms with E-state index in [0.717, 1.165) is 11.6 Å². The van der Waals surface area contributed by atoms with Crippen LogP contribution in [0.2, 0.25) is 0 Å². The predicted molar refractivity (Wildman–Crippen MR) is 128 cm³/mol. The molecule has 1 atom stereocenters. The second-order valence-electron chi connectivity index (χ2n) is 7.91. The summed E-state index contributed by atoms with van der Waals surface area (Å²) in [5, 5.41) is 20.9. The number of phenols is 2. The number of rotatable bonds is 8. The van der Waals surface area contributed by atoms with Crippen molar-refractivity contribution in [3.05, 3.63) is 57.8 Å². The van der Waals surface area contributed by atoms with Crippen LogP contribution in [0, 0.1) is 0 Å². The lowest BCUT2D eigenvalue weighted by Gasteiger charge is -2.17. The molecule has 34 heavy (non-hydrogen) atoms. The molecule has 1 heterocycles. The van der Waals surface area contributed by atoms with Crippen molar-refractivity contribution >= 4 is 16.9 Å². The van der Waals surface area contributed by atoms with E-state index in [4.69, 9.17) is 18.6 Å². The van der Waals surface area contributed by atoms with Crippen LogP contribution in [0.15, 0.2) is 51.2 Å². The minimum absolute atomic E-state index is 0.0296. The van der Waals surface area contributed by atoms with Gasteiger partial charge in [0.2, 0.25) is 11.2 Å². The van der Waals surface area contributed by atoms with Crippen LogP contribution in [0.4, 0.5) is 0 Å². The van der Waals surface area contributed by atoms with Crippen LogP contribution in [0.3, 0.4) is 0 Å². The molecule has 0 saturated heterocycles. The highest BCUT2D eigenvalue weighted by atomic mass is 16.6. The van der Waals surface area contributed by atoms with Crippen LogP contribution >= 0.6 is 0 Å². The van der Waals surface area contributed by atoms with Gasteiger partial charge < -0.3 is 28.8 Å². The molecule has 0 aliphatic rings. The quantitative estimate of drug-likeness (QED) is 0.360. The number of carbonyl (C=O) groups is 1. The summed E-state index contributed by atoms with van der Waals surface area (Å²) in [6.45, 7) is 7.08. The minimum atomic E-state index is -1.11. The molecule has 8 nitrogen and oxygen atoms in total. The van der Waals surface area contributed by atoms with Crippen molar-refractivity contribution in [2.75, 3.05) is 13.7 Å². The summed E-state index contributed by atoms with van der Waals surface area (Å²) < 4.78 is 22.1. The SMILES string of the molecule is CCOC(=O)C(C)Oc1c(-c2ccc(OC)cc2)oc2c(CC=C(C)C)c(O)cc(O)c2c1=O. The van der Waals surface area contributed by atoms with E-state index in [0.29, 0.717) is 16.9 Å². The Morgan fingerprint density at radius 1 is 1.15 bits per heavy atom. The summed E-state index contributed by atoms with van der Waals surface area (Å²) in [5.41, 5.74) is 1.16. The van der Waals surface area contributed by atoms with Gasteiger partial charge in [-0.05, 0) is 58.4 Å². The molecule has 1 unspecified atom stereocenters. The van der Waals surface area contributed by atoms with Gasteiger partial charge in [-0.15, -0.1) is 0 Å². The Kier molecular flexibility index (Phi) is 7.50. The molecule has 0 amide bonds. The Bertz CT molecular complexity index is 1280. The third-order valence-electron chi connectivity index (χ3n) is 5.16. The van der Waals surface area contributed by atoms with E-state index in [1.165, 1.54) is 14.0 Å². The molecule has 2 aromatic carbocycles. The van der Waals surface area contributed by atoms with Crippen LogP contribution in [-0.4, -0.2) is 36.0 Å². The molecular formula is C26H28O8. The number of allylic oxidation sites excluding steroid dienone is 2. The average molecular weight is 469 g/mol. The van der Waals surface area contributed by atoms with Gasteiger partial charge in [0.15, 0.2) is 11.9 Å². The minimum Gasteiger partial charge on any atom is -0.507 e. The third-order valence-corrected chi connectivity index (χ3v) is 5.16. The fraction of sp³-hybridized carbons (Fsp3) is 0.308. The van der Waals surface area contributed by atoms with Gasteiger partial charge in [0, 0.05) is 17.2 Å². The lowest BCUT2D eigenvalue weighted by atomic mass is 10.0. The highest BCUT2D eigenvalue weighted by Gasteiger charge is 2.27. The van der Waals surface area contributed by atoms with Crippen LogP contribution in [0.1, 0.15) is 33.3 Å². The van der Waals surface area contributed by atoms with E-state index < -0.39 is 23.3 Å². The number of methoxy groups -OCH3 is 1. The summed E-state index contributed by atoms with van der Waals surface area (Å²) in [7, 11) is 1.53. The number of hydrogen-bond acceptors (Lipinski definition) is 8. The topological polar surface area (TPSA) is 115 Å². The van der Waals surface area contributed by atoms with E-state index >= 15 is 0 Å². The van der Waals surface area contributed by atoms with Gasteiger partial charge in [-0.25, -0.2) is 4.79 Å². The zero-order valence-electron chi connectivity index (χ0n) is 19.8. The van der Waals surface area contributed by atoms with Crippen molar-refractivity contribution < 1.29 is 33.6 Å². The first-order chi connectivity index (χ1) is 16.2. The molecule has 1 aromatic heterocycles. The molecule has 0 saturated carbocycles. The maximum absolute atomic E-state index is 13.6. The van der Waals surface area contributed by atoms with Crippen molar-refractivity contribution in [3.63, 3.8) is 0 Å². The maximum atomic E-state index is 13.6. The van der Waals surface area contributed by atoms with Gasteiger partial charge >= 0.3 is 5.97 Å². The zero-order valence-corrected chi connectivity index (χ0v) is 19.8. The molecule has 0 fully saturated rings. The van der Waals surface area contributed by atoms with Crippen LogP contribution < -0.4 is 14.9 Å². The van der Waals surface area contributed by atoms with Gasteiger partial charge in [0.05, 0.1) is 13.7 Å². The predicted octanol–water partition coefficient (Wildman–Crippen LogP) is 4.72.